The monoisotopic (exact) mass is 397 g/mol. The molecule has 1 heterocycles. The number of hydrogen-bond acceptors (Lipinski definition) is 4. The number of carbonyl (C=O) groups is 2. The van der Waals surface area contributed by atoms with Crippen molar-refractivity contribution in [2.75, 3.05) is 32.6 Å². The van der Waals surface area contributed by atoms with Gasteiger partial charge in [0.05, 0.1) is 20.3 Å². The zero-order chi connectivity index (χ0) is 20.8. The number of fused-ring (bicyclic) bond motifs is 1. The lowest BCUT2D eigenvalue weighted by Crippen LogP contribution is -2.46. The van der Waals surface area contributed by atoms with E-state index in [0.29, 0.717) is 37.4 Å². The molecule has 1 unspecified atom stereocenters. The second-order valence-electron chi connectivity index (χ2n) is 6.82. The first-order valence-corrected chi connectivity index (χ1v) is 9.71. The quantitative estimate of drug-likeness (QED) is 0.783. The van der Waals surface area contributed by atoms with Crippen LogP contribution in [0, 0.1) is 0 Å². The molecule has 3 amide bonds. The molecule has 7 nitrogen and oxygen atoms in total. The number of rotatable bonds is 6. The van der Waals surface area contributed by atoms with E-state index in [0.717, 1.165) is 16.8 Å². The van der Waals surface area contributed by atoms with Crippen molar-refractivity contribution in [2.45, 2.75) is 25.8 Å². The van der Waals surface area contributed by atoms with Gasteiger partial charge in [0.25, 0.3) is 0 Å². The molecule has 3 rings (SSSR count). The van der Waals surface area contributed by atoms with E-state index in [-0.39, 0.29) is 18.0 Å². The number of methoxy groups -OCH3 is 2. The maximum Gasteiger partial charge on any atom is 0.322 e. The van der Waals surface area contributed by atoms with Crippen molar-refractivity contribution >= 4 is 17.6 Å². The van der Waals surface area contributed by atoms with Crippen molar-refractivity contribution in [1.82, 2.24) is 10.2 Å². The van der Waals surface area contributed by atoms with Gasteiger partial charge in [-0.2, -0.15) is 0 Å². The number of benzene rings is 2. The molecule has 154 valence electrons. The van der Waals surface area contributed by atoms with Crippen molar-refractivity contribution in [2.24, 2.45) is 0 Å². The summed E-state index contributed by atoms with van der Waals surface area (Å²) in [6.07, 6.45) is 1.08. The average molecular weight is 397 g/mol. The van der Waals surface area contributed by atoms with Gasteiger partial charge in [-0.1, -0.05) is 25.1 Å². The summed E-state index contributed by atoms with van der Waals surface area (Å²) < 4.78 is 10.9. The molecule has 2 aromatic rings. The fourth-order valence-corrected chi connectivity index (χ4v) is 3.54. The number of ether oxygens (including phenoxy) is 2. The predicted molar refractivity (Wildman–Crippen MR) is 111 cm³/mol. The van der Waals surface area contributed by atoms with E-state index in [9.17, 15) is 9.59 Å². The number of nitrogens with one attached hydrogen (secondary N) is 2. The maximum atomic E-state index is 13.0. The molecule has 0 saturated carbocycles. The first-order valence-electron chi connectivity index (χ1n) is 9.71. The largest absolute Gasteiger partial charge is 0.493 e. The molecule has 0 radical (unpaired) electrons. The van der Waals surface area contributed by atoms with Crippen LogP contribution in [0.1, 0.15) is 30.5 Å². The van der Waals surface area contributed by atoms with Gasteiger partial charge in [-0.3, -0.25) is 4.79 Å². The number of amides is 3. The Morgan fingerprint density at radius 2 is 1.79 bits per heavy atom. The van der Waals surface area contributed by atoms with Gasteiger partial charge in [0.15, 0.2) is 11.5 Å². The number of anilines is 1. The van der Waals surface area contributed by atoms with E-state index in [2.05, 4.69) is 10.6 Å². The van der Waals surface area contributed by atoms with Crippen molar-refractivity contribution < 1.29 is 19.1 Å². The van der Waals surface area contributed by atoms with E-state index < -0.39 is 0 Å². The Bertz CT molecular complexity index is 870. The van der Waals surface area contributed by atoms with Crippen LogP contribution >= 0.6 is 0 Å². The van der Waals surface area contributed by atoms with E-state index in [1.807, 2.05) is 42.5 Å². The van der Waals surface area contributed by atoms with Gasteiger partial charge < -0.3 is 25.0 Å². The summed E-state index contributed by atoms with van der Waals surface area (Å²) in [6.45, 7) is 2.67. The molecular formula is C22H27N3O4. The average Bonchev–Trinajstić information content (AvgIpc) is 2.76. The number of carbonyl (C=O) groups excluding carboxylic acids is 2. The third kappa shape index (κ3) is 4.62. The van der Waals surface area contributed by atoms with Gasteiger partial charge in [-0.25, -0.2) is 4.79 Å². The molecule has 1 aliphatic rings. The topological polar surface area (TPSA) is 79.9 Å². The van der Waals surface area contributed by atoms with Crippen LogP contribution in [0.3, 0.4) is 0 Å². The lowest BCUT2D eigenvalue weighted by molar-refractivity contribution is -0.121. The highest BCUT2D eigenvalue weighted by atomic mass is 16.5. The molecule has 1 aliphatic heterocycles. The highest BCUT2D eigenvalue weighted by Crippen LogP contribution is 2.38. The van der Waals surface area contributed by atoms with Crippen LogP contribution < -0.4 is 20.1 Å². The summed E-state index contributed by atoms with van der Waals surface area (Å²) >= 11 is 0. The van der Waals surface area contributed by atoms with Gasteiger partial charge in [-0.15, -0.1) is 0 Å². The van der Waals surface area contributed by atoms with E-state index in [1.165, 1.54) is 0 Å². The Balaban J connectivity index is 1.92. The third-order valence-corrected chi connectivity index (χ3v) is 5.10. The molecule has 0 aromatic heterocycles. The molecule has 29 heavy (non-hydrogen) atoms. The van der Waals surface area contributed by atoms with Gasteiger partial charge in [0, 0.05) is 25.2 Å². The summed E-state index contributed by atoms with van der Waals surface area (Å²) in [4.78, 5) is 26.7. The molecule has 1 atom stereocenters. The molecule has 0 bridgehead atoms. The molecule has 2 N–H and O–H groups in total. The number of para-hydroxylation sites is 1. The van der Waals surface area contributed by atoms with E-state index >= 15 is 0 Å². The SMILES string of the molecule is CCC(=O)NCC1c2cc(OC)c(OC)cc2CCN1C(=O)Nc1ccccc1. The highest BCUT2D eigenvalue weighted by molar-refractivity contribution is 5.90. The van der Waals surface area contributed by atoms with Gasteiger partial charge in [0.2, 0.25) is 5.91 Å². The van der Waals surface area contributed by atoms with Crippen molar-refractivity contribution in [3.05, 3.63) is 53.6 Å². The first kappa shape index (κ1) is 20.5. The molecule has 0 aliphatic carbocycles. The van der Waals surface area contributed by atoms with Gasteiger partial charge in [-0.05, 0) is 41.8 Å². The molecule has 2 aromatic carbocycles. The maximum absolute atomic E-state index is 13.0. The standard InChI is InChI=1S/C22H27N3O4/c1-4-21(26)23-14-18-17-13-20(29-3)19(28-2)12-15(17)10-11-25(18)22(27)24-16-8-6-5-7-9-16/h5-9,12-13,18H,4,10-11,14H2,1-3H3,(H,23,26)(H,24,27). The lowest BCUT2D eigenvalue weighted by Gasteiger charge is -2.37. The van der Waals surface area contributed by atoms with Crippen LogP contribution in [0.15, 0.2) is 42.5 Å². The van der Waals surface area contributed by atoms with Crippen LogP contribution in [0.25, 0.3) is 0 Å². The molecule has 7 heteroatoms. The van der Waals surface area contributed by atoms with Crippen LogP contribution in [0.5, 0.6) is 11.5 Å². The predicted octanol–water partition coefficient (Wildman–Crippen LogP) is 3.36. The zero-order valence-electron chi connectivity index (χ0n) is 17.0. The fourth-order valence-electron chi connectivity index (χ4n) is 3.54. The van der Waals surface area contributed by atoms with Crippen LogP contribution in [-0.4, -0.2) is 44.1 Å². The Morgan fingerprint density at radius 1 is 1.10 bits per heavy atom. The minimum atomic E-state index is -0.308. The van der Waals surface area contributed by atoms with Gasteiger partial charge >= 0.3 is 6.03 Å². The number of urea groups is 1. The summed E-state index contributed by atoms with van der Waals surface area (Å²) in [5.41, 5.74) is 2.77. The van der Waals surface area contributed by atoms with Crippen LogP contribution in [0.2, 0.25) is 0 Å². The summed E-state index contributed by atoms with van der Waals surface area (Å²) in [5, 5.41) is 5.87. The van der Waals surface area contributed by atoms with Crippen molar-refractivity contribution in [3.63, 3.8) is 0 Å². The second-order valence-corrected chi connectivity index (χ2v) is 6.82. The third-order valence-electron chi connectivity index (χ3n) is 5.10. The Labute approximate surface area is 171 Å². The second kappa shape index (κ2) is 9.32. The van der Waals surface area contributed by atoms with E-state index in [4.69, 9.17) is 9.47 Å². The summed E-state index contributed by atoms with van der Waals surface area (Å²) in [6, 6.07) is 12.7. The van der Waals surface area contributed by atoms with Crippen LogP contribution in [-0.2, 0) is 11.2 Å². The van der Waals surface area contributed by atoms with Crippen molar-refractivity contribution in [1.29, 1.82) is 0 Å². The smallest absolute Gasteiger partial charge is 0.322 e. The first-order chi connectivity index (χ1) is 14.1. The fraction of sp³-hybridized carbons (Fsp3) is 0.364. The molecular weight excluding hydrogens is 370 g/mol. The van der Waals surface area contributed by atoms with Gasteiger partial charge in [0.1, 0.15) is 0 Å². The number of hydrogen-bond donors (Lipinski definition) is 2. The zero-order valence-corrected chi connectivity index (χ0v) is 17.0. The Hall–Kier alpha value is -3.22. The van der Waals surface area contributed by atoms with Crippen LogP contribution in [0.4, 0.5) is 10.5 Å². The minimum absolute atomic E-state index is 0.0546. The highest BCUT2D eigenvalue weighted by Gasteiger charge is 2.32. The molecule has 0 saturated heterocycles. The van der Waals surface area contributed by atoms with Crippen molar-refractivity contribution in [3.8, 4) is 11.5 Å². The molecule has 0 spiro atoms. The minimum Gasteiger partial charge on any atom is -0.493 e. The lowest BCUT2D eigenvalue weighted by atomic mass is 9.91. The Morgan fingerprint density at radius 3 is 2.45 bits per heavy atom. The summed E-state index contributed by atoms with van der Waals surface area (Å²) in [7, 11) is 3.19. The number of nitrogens with zero attached hydrogens (tertiary/aromatic N) is 1. The normalized spacial score (nSPS) is 15.3. The molecule has 0 fully saturated rings. The summed E-state index contributed by atoms with van der Waals surface area (Å²) in [5.74, 6) is 1.20. The Kier molecular flexibility index (Phi) is 6.59. The van der Waals surface area contributed by atoms with E-state index in [1.54, 1.807) is 26.0 Å².